The number of carbonyl (C=O) groups is 1. The summed E-state index contributed by atoms with van der Waals surface area (Å²) < 4.78 is 4.57. The molecular weight excluding hydrogens is 244 g/mol. The number of methoxy groups -OCH3 is 1. The van der Waals surface area contributed by atoms with Gasteiger partial charge in [0.05, 0.1) is 7.11 Å². The number of carbonyl (C=O) groups excluding carboxylic acids is 1. The van der Waals surface area contributed by atoms with Gasteiger partial charge in [-0.3, -0.25) is 4.79 Å². The van der Waals surface area contributed by atoms with Crippen LogP contribution in [0.25, 0.3) is 0 Å². The topological polar surface area (TPSA) is 26.3 Å². The smallest absolute Gasteiger partial charge is 0.305 e. The van der Waals surface area contributed by atoms with Crippen molar-refractivity contribution < 1.29 is 9.53 Å². The van der Waals surface area contributed by atoms with Gasteiger partial charge in [0.15, 0.2) is 0 Å². The highest BCUT2D eigenvalue weighted by Gasteiger charge is 2.04. The molecule has 0 N–H and O–H groups in total. The van der Waals surface area contributed by atoms with E-state index in [-0.39, 0.29) is 5.97 Å². The van der Waals surface area contributed by atoms with Crippen LogP contribution >= 0.6 is 15.9 Å². The Morgan fingerprint density at radius 1 is 1.29 bits per heavy atom. The Morgan fingerprint density at radius 2 is 1.93 bits per heavy atom. The Bertz CT molecular complexity index is 148. The first-order valence-corrected chi connectivity index (χ1v) is 6.33. The molecule has 0 bridgehead atoms. The van der Waals surface area contributed by atoms with E-state index in [2.05, 4.69) is 27.6 Å². The summed E-state index contributed by atoms with van der Waals surface area (Å²) in [7, 11) is 1.44. The van der Waals surface area contributed by atoms with Crippen molar-refractivity contribution in [1.29, 1.82) is 0 Å². The molecule has 0 aliphatic rings. The van der Waals surface area contributed by atoms with Gasteiger partial charge in [-0.25, -0.2) is 0 Å². The first kappa shape index (κ1) is 13.9. The van der Waals surface area contributed by atoms with E-state index >= 15 is 0 Å². The van der Waals surface area contributed by atoms with Crippen molar-refractivity contribution in [2.75, 3.05) is 7.11 Å². The van der Waals surface area contributed by atoms with E-state index < -0.39 is 0 Å². The Labute approximate surface area is 95.5 Å². The van der Waals surface area contributed by atoms with E-state index in [1.807, 2.05) is 0 Å². The summed E-state index contributed by atoms with van der Waals surface area (Å²) in [6, 6.07) is 0. The molecule has 3 heteroatoms. The van der Waals surface area contributed by atoms with Crippen molar-refractivity contribution in [3.63, 3.8) is 0 Å². The summed E-state index contributed by atoms with van der Waals surface area (Å²) in [4.78, 5) is 11.4. The van der Waals surface area contributed by atoms with Gasteiger partial charge < -0.3 is 4.74 Å². The zero-order valence-electron chi connectivity index (χ0n) is 9.22. The van der Waals surface area contributed by atoms with E-state index in [0.29, 0.717) is 11.2 Å². The van der Waals surface area contributed by atoms with E-state index in [1.54, 1.807) is 0 Å². The second-order valence-electron chi connectivity index (χ2n) is 3.56. The Morgan fingerprint density at radius 3 is 2.50 bits per heavy atom. The molecule has 0 aliphatic carbocycles. The lowest BCUT2D eigenvalue weighted by molar-refractivity contribution is -0.140. The van der Waals surface area contributed by atoms with Crippen molar-refractivity contribution in [2.24, 2.45) is 0 Å². The lowest BCUT2D eigenvalue weighted by Crippen LogP contribution is -2.01. The molecule has 0 rings (SSSR count). The molecule has 84 valence electrons. The summed E-state index contributed by atoms with van der Waals surface area (Å²) in [6.45, 7) is 2.21. The average Bonchev–Trinajstić information content (AvgIpc) is 2.21. The molecule has 0 saturated carbocycles. The van der Waals surface area contributed by atoms with Gasteiger partial charge in [0, 0.05) is 11.2 Å². The molecule has 0 heterocycles. The lowest BCUT2D eigenvalue weighted by Gasteiger charge is -2.07. The molecular formula is C11H21BrO2. The number of ether oxygens (including phenoxy) is 1. The van der Waals surface area contributed by atoms with Crippen LogP contribution in [0, 0.1) is 0 Å². The normalized spacial score (nSPS) is 12.5. The van der Waals surface area contributed by atoms with Crippen LogP contribution in [0.3, 0.4) is 0 Å². The number of rotatable bonds is 8. The van der Waals surface area contributed by atoms with Crippen LogP contribution in [0.1, 0.15) is 51.9 Å². The molecule has 0 amide bonds. The van der Waals surface area contributed by atoms with E-state index in [4.69, 9.17) is 0 Å². The molecule has 2 nitrogen and oxygen atoms in total. The van der Waals surface area contributed by atoms with Crippen molar-refractivity contribution in [2.45, 2.75) is 56.7 Å². The van der Waals surface area contributed by atoms with Crippen molar-refractivity contribution in [1.82, 2.24) is 0 Å². The van der Waals surface area contributed by atoms with Gasteiger partial charge in [-0.2, -0.15) is 0 Å². The molecule has 0 fully saturated rings. The van der Waals surface area contributed by atoms with Crippen LogP contribution in [0.15, 0.2) is 0 Å². The molecule has 0 saturated heterocycles. The van der Waals surface area contributed by atoms with Crippen molar-refractivity contribution in [3.05, 3.63) is 0 Å². The van der Waals surface area contributed by atoms with Gasteiger partial charge in [0.1, 0.15) is 0 Å². The van der Waals surface area contributed by atoms with Crippen LogP contribution in [-0.4, -0.2) is 17.9 Å². The number of unbranched alkanes of at least 4 members (excludes halogenated alkanes) is 2. The maximum atomic E-state index is 10.8. The highest BCUT2D eigenvalue weighted by atomic mass is 79.9. The highest BCUT2D eigenvalue weighted by molar-refractivity contribution is 9.09. The SMILES string of the molecule is CCCCC(Br)CCCCC(=O)OC. The summed E-state index contributed by atoms with van der Waals surface area (Å²) in [5.74, 6) is -0.0929. The zero-order chi connectivity index (χ0) is 10.8. The largest absolute Gasteiger partial charge is 0.469 e. The maximum absolute atomic E-state index is 10.8. The summed E-state index contributed by atoms with van der Waals surface area (Å²) in [6.07, 6.45) is 7.56. The minimum absolute atomic E-state index is 0.0929. The zero-order valence-corrected chi connectivity index (χ0v) is 10.8. The lowest BCUT2D eigenvalue weighted by atomic mass is 10.1. The van der Waals surface area contributed by atoms with E-state index in [1.165, 1.54) is 26.4 Å². The van der Waals surface area contributed by atoms with Gasteiger partial charge in [0.2, 0.25) is 0 Å². The van der Waals surface area contributed by atoms with Gasteiger partial charge in [-0.15, -0.1) is 0 Å². The average molecular weight is 265 g/mol. The van der Waals surface area contributed by atoms with Gasteiger partial charge in [-0.1, -0.05) is 42.1 Å². The number of hydrogen-bond donors (Lipinski definition) is 0. The molecule has 0 aromatic heterocycles. The van der Waals surface area contributed by atoms with Crippen molar-refractivity contribution in [3.8, 4) is 0 Å². The van der Waals surface area contributed by atoms with E-state index in [9.17, 15) is 4.79 Å². The summed E-state index contributed by atoms with van der Waals surface area (Å²) in [5, 5.41) is 0. The number of hydrogen-bond acceptors (Lipinski definition) is 2. The van der Waals surface area contributed by atoms with Gasteiger partial charge >= 0.3 is 5.97 Å². The third-order valence-corrected chi connectivity index (χ3v) is 3.16. The van der Waals surface area contributed by atoms with Crippen molar-refractivity contribution >= 4 is 21.9 Å². The third-order valence-electron chi connectivity index (χ3n) is 2.25. The number of halogens is 1. The van der Waals surface area contributed by atoms with Crippen LogP contribution in [0.5, 0.6) is 0 Å². The number of esters is 1. The predicted octanol–water partition coefficient (Wildman–Crippen LogP) is 3.67. The Kier molecular flexibility index (Phi) is 9.47. The first-order valence-electron chi connectivity index (χ1n) is 5.41. The van der Waals surface area contributed by atoms with Crippen LogP contribution < -0.4 is 0 Å². The molecule has 0 spiro atoms. The second kappa shape index (κ2) is 9.50. The fraction of sp³-hybridized carbons (Fsp3) is 0.909. The molecule has 1 atom stereocenters. The fourth-order valence-electron chi connectivity index (χ4n) is 1.31. The highest BCUT2D eigenvalue weighted by Crippen LogP contribution is 2.17. The first-order chi connectivity index (χ1) is 6.70. The quantitative estimate of drug-likeness (QED) is 0.380. The fourth-order valence-corrected chi connectivity index (χ4v) is 1.95. The summed E-state index contributed by atoms with van der Waals surface area (Å²) in [5.41, 5.74) is 0. The minimum Gasteiger partial charge on any atom is -0.469 e. The van der Waals surface area contributed by atoms with Gasteiger partial charge in [0.25, 0.3) is 0 Å². The number of alkyl halides is 1. The van der Waals surface area contributed by atoms with Crippen LogP contribution in [0.2, 0.25) is 0 Å². The van der Waals surface area contributed by atoms with E-state index in [0.717, 1.165) is 19.3 Å². The molecule has 0 aromatic carbocycles. The molecule has 0 radical (unpaired) electrons. The minimum atomic E-state index is -0.0929. The predicted molar refractivity (Wildman–Crippen MR) is 62.7 cm³/mol. The molecule has 14 heavy (non-hydrogen) atoms. The Balaban J connectivity index is 3.22. The third kappa shape index (κ3) is 8.54. The standard InChI is InChI=1S/C11H21BrO2/c1-3-4-7-10(12)8-5-6-9-11(13)14-2/h10H,3-9H2,1-2H3. The monoisotopic (exact) mass is 264 g/mol. The molecule has 1 unspecified atom stereocenters. The van der Waals surface area contributed by atoms with Crippen LogP contribution in [-0.2, 0) is 9.53 Å². The second-order valence-corrected chi connectivity index (χ2v) is 4.86. The maximum Gasteiger partial charge on any atom is 0.305 e. The summed E-state index contributed by atoms with van der Waals surface area (Å²) >= 11 is 3.65. The van der Waals surface area contributed by atoms with Gasteiger partial charge in [-0.05, 0) is 19.3 Å². The Hall–Kier alpha value is -0.0500. The molecule has 0 aromatic rings. The molecule has 0 aliphatic heterocycles. The van der Waals surface area contributed by atoms with Crippen LogP contribution in [0.4, 0.5) is 0 Å².